The van der Waals surface area contributed by atoms with E-state index in [-0.39, 0.29) is 10.6 Å². The predicted octanol–water partition coefficient (Wildman–Crippen LogP) is 3.79. The van der Waals surface area contributed by atoms with Crippen molar-refractivity contribution in [2.24, 2.45) is 0 Å². The molecular weight excluding hydrogens is 382 g/mol. The molecule has 1 aliphatic heterocycles. The molecule has 1 aromatic rings. The minimum Gasteiger partial charge on any atom is -0.337 e. The molecule has 1 fully saturated rings. The standard InChI is InChI=1S/C19H25N3O5S/c1-3-16-17(14-8-10-15(11-9-14)22(24)25)28(26,27)21(18(23)20-4-2)19(16)12-6-5-7-13-19/h8-11H,3-7,12-13H2,1-2H3,(H,20,23). The molecule has 1 saturated carbocycles. The normalized spacial score (nSPS) is 20.4. The van der Waals surface area contributed by atoms with Gasteiger partial charge >= 0.3 is 6.03 Å². The first-order valence-electron chi connectivity index (χ1n) is 9.61. The van der Waals surface area contributed by atoms with Gasteiger partial charge in [0.1, 0.15) is 0 Å². The van der Waals surface area contributed by atoms with Gasteiger partial charge in [0.2, 0.25) is 0 Å². The third-order valence-corrected chi connectivity index (χ3v) is 7.60. The molecule has 1 heterocycles. The fourth-order valence-corrected chi connectivity index (χ4v) is 6.82. The summed E-state index contributed by atoms with van der Waals surface area (Å²) in [4.78, 5) is 23.4. The molecule has 28 heavy (non-hydrogen) atoms. The zero-order valence-electron chi connectivity index (χ0n) is 16.1. The van der Waals surface area contributed by atoms with Crippen molar-refractivity contribution in [3.8, 4) is 0 Å². The summed E-state index contributed by atoms with van der Waals surface area (Å²) in [6.45, 7) is 3.97. The van der Waals surface area contributed by atoms with Crippen LogP contribution in [0.4, 0.5) is 10.5 Å². The molecule has 2 amide bonds. The third kappa shape index (κ3) is 3.07. The Hall–Kier alpha value is -2.42. The van der Waals surface area contributed by atoms with E-state index in [1.165, 1.54) is 24.3 Å². The number of nitro benzene ring substituents is 1. The molecule has 3 rings (SSSR count). The number of nitro groups is 1. The molecule has 152 valence electrons. The van der Waals surface area contributed by atoms with E-state index in [1.54, 1.807) is 6.92 Å². The smallest absolute Gasteiger partial charge is 0.332 e. The quantitative estimate of drug-likeness (QED) is 0.603. The number of nitrogens with one attached hydrogen (secondary N) is 1. The van der Waals surface area contributed by atoms with Crippen LogP contribution < -0.4 is 5.32 Å². The van der Waals surface area contributed by atoms with Crippen LogP contribution in [0.3, 0.4) is 0 Å². The van der Waals surface area contributed by atoms with Crippen LogP contribution in [0.25, 0.3) is 4.91 Å². The number of benzene rings is 1. The second-order valence-corrected chi connectivity index (χ2v) is 8.89. The Bertz CT molecular complexity index is 915. The van der Waals surface area contributed by atoms with Gasteiger partial charge in [0.25, 0.3) is 15.7 Å². The minimum absolute atomic E-state index is 0.106. The summed E-state index contributed by atoms with van der Waals surface area (Å²) >= 11 is 0. The highest BCUT2D eigenvalue weighted by atomic mass is 32.2. The Labute approximate surface area is 164 Å². The van der Waals surface area contributed by atoms with Crippen molar-refractivity contribution in [3.05, 3.63) is 45.5 Å². The largest absolute Gasteiger partial charge is 0.337 e. The molecule has 1 aromatic carbocycles. The fraction of sp³-hybridized carbons (Fsp3) is 0.526. The second kappa shape index (κ2) is 7.54. The molecule has 9 heteroatoms. The Kier molecular flexibility index (Phi) is 5.47. The summed E-state index contributed by atoms with van der Waals surface area (Å²) < 4.78 is 28.1. The first kappa shape index (κ1) is 20.3. The van der Waals surface area contributed by atoms with E-state index in [2.05, 4.69) is 5.32 Å². The van der Waals surface area contributed by atoms with Gasteiger partial charge in [-0.15, -0.1) is 0 Å². The molecule has 0 aromatic heterocycles. The summed E-state index contributed by atoms with van der Waals surface area (Å²) in [7, 11) is -4.07. The maximum absolute atomic E-state index is 13.5. The molecular formula is C19H25N3O5S. The van der Waals surface area contributed by atoms with Gasteiger partial charge in [-0.2, -0.15) is 0 Å². The van der Waals surface area contributed by atoms with Crippen LogP contribution in [-0.2, 0) is 10.0 Å². The van der Waals surface area contributed by atoms with Gasteiger partial charge in [-0.3, -0.25) is 10.1 Å². The lowest BCUT2D eigenvalue weighted by Gasteiger charge is -2.41. The summed E-state index contributed by atoms with van der Waals surface area (Å²) in [5.74, 6) is 0. The molecule has 2 aliphatic rings. The molecule has 0 atom stereocenters. The number of carbonyl (C=O) groups excluding carboxylic acids is 1. The molecule has 0 saturated heterocycles. The van der Waals surface area contributed by atoms with E-state index in [4.69, 9.17) is 0 Å². The van der Waals surface area contributed by atoms with Crippen molar-refractivity contribution in [1.29, 1.82) is 0 Å². The summed E-state index contributed by atoms with van der Waals surface area (Å²) in [5.41, 5.74) is 0.166. The van der Waals surface area contributed by atoms with E-state index in [0.717, 1.165) is 29.1 Å². The van der Waals surface area contributed by atoms with Gasteiger partial charge in [-0.25, -0.2) is 17.5 Å². The molecule has 1 aliphatic carbocycles. The lowest BCUT2D eigenvalue weighted by atomic mass is 9.74. The highest BCUT2D eigenvalue weighted by molar-refractivity contribution is 7.99. The first-order valence-corrected chi connectivity index (χ1v) is 11.0. The minimum atomic E-state index is -4.07. The monoisotopic (exact) mass is 407 g/mol. The molecule has 1 N–H and O–H groups in total. The number of amides is 2. The molecule has 0 bridgehead atoms. The van der Waals surface area contributed by atoms with Gasteiger partial charge < -0.3 is 5.32 Å². The number of hydrogen-bond acceptors (Lipinski definition) is 5. The summed E-state index contributed by atoms with van der Waals surface area (Å²) in [6.07, 6.45) is 4.40. The van der Waals surface area contributed by atoms with Crippen molar-refractivity contribution in [1.82, 2.24) is 9.62 Å². The lowest BCUT2D eigenvalue weighted by molar-refractivity contribution is -0.384. The molecule has 0 radical (unpaired) electrons. The lowest BCUT2D eigenvalue weighted by Crippen LogP contribution is -2.55. The number of urea groups is 1. The van der Waals surface area contributed by atoms with Crippen LogP contribution in [0.15, 0.2) is 29.8 Å². The average Bonchev–Trinajstić information content (AvgIpc) is 2.85. The van der Waals surface area contributed by atoms with Gasteiger partial charge in [-0.05, 0) is 49.5 Å². The molecule has 0 unspecified atom stereocenters. The maximum Gasteiger partial charge on any atom is 0.332 e. The molecule has 1 spiro atoms. The van der Waals surface area contributed by atoms with E-state index in [1.807, 2.05) is 6.92 Å². The summed E-state index contributed by atoms with van der Waals surface area (Å²) in [5, 5.41) is 13.6. The SMILES string of the molecule is CCNC(=O)N1C2(CCCCC2)C(CC)=C(c2ccc([N+](=O)[O-])cc2)S1(=O)=O. The Morgan fingerprint density at radius 2 is 1.79 bits per heavy atom. The fourth-order valence-electron chi connectivity index (χ4n) is 4.53. The average molecular weight is 407 g/mol. The number of non-ortho nitro benzene ring substituents is 1. The number of rotatable bonds is 4. The van der Waals surface area contributed by atoms with Crippen LogP contribution in [0.5, 0.6) is 0 Å². The maximum atomic E-state index is 13.5. The highest BCUT2D eigenvalue weighted by Crippen LogP contribution is 2.53. The van der Waals surface area contributed by atoms with Crippen molar-refractivity contribution in [2.75, 3.05) is 6.54 Å². The van der Waals surface area contributed by atoms with Gasteiger partial charge in [0.15, 0.2) is 0 Å². The predicted molar refractivity (Wildman–Crippen MR) is 106 cm³/mol. The van der Waals surface area contributed by atoms with E-state index >= 15 is 0 Å². The number of sulfonamides is 1. The van der Waals surface area contributed by atoms with Gasteiger partial charge in [-0.1, -0.05) is 26.2 Å². The first-order chi connectivity index (χ1) is 13.3. The second-order valence-electron chi connectivity index (χ2n) is 7.16. The van der Waals surface area contributed by atoms with Gasteiger partial charge in [0.05, 0.1) is 15.4 Å². The van der Waals surface area contributed by atoms with Crippen molar-refractivity contribution < 1.29 is 18.1 Å². The Morgan fingerprint density at radius 3 is 2.29 bits per heavy atom. The number of nitrogens with zero attached hydrogens (tertiary/aromatic N) is 2. The van der Waals surface area contributed by atoms with Crippen molar-refractivity contribution in [3.63, 3.8) is 0 Å². The number of hydrogen-bond donors (Lipinski definition) is 1. The number of carbonyl (C=O) groups is 1. The zero-order valence-corrected chi connectivity index (χ0v) is 16.9. The topological polar surface area (TPSA) is 110 Å². The van der Waals surface area contributed by atoms with Crippen LogP contribution in [-0.4, -0.2) is 35.8 Å². The van der Waals surface area contributed by atoms with E-state index < -0.39 is 26.5 Å². The van der Waals surface area contributed by atoms with Crippen molar-refractivity contribution >= 4 is 26.6 Å². The Morgan fingerprint density at radius 1 is 1.18 bits per heavy atom. The third-order valence-electron chi connectivity index (χ3n) is 5.61. The Balaban J connectivity index is 2.22. The van der Waals surface area contributed by atoms with Crippen LogP contribution in [0.1, 0.15) is 57.9 Å². The van der Waals surface area contributed by atoms with Crippen LogP contribution in [0, 0.1) is 10.1 Å². The van der Waals surface area contributed by atoms with Crippen LogP contribution in [0.2, 0.25) is 0 Å². The van der Waals surface area contributed by atoms with Gasteiger partial charge in [0, 0.05) is 18.7 Å². The highest BCUT2D eigenvalue weighted by Gasteiger charge is 2.57. The van der Waals surface area contributed by atoms with E-state index in [9.17, 15) is 23.3 Å². The summed E-state index contributed by atoms with van der Waals surface area (Å²) in [6, 6.07) is 4.91. The van der Waals surface area contributed by atoms with Crippen LogP contribution >= 0.6 is 0 Å². The molecule has 8 nitrogen and oxygen atoms in total. The zero-order chi connectivity index (χ0) is 20.5. The van der Waals surface area contributed by atoms with Crippen molar-refractivity contribution in [2.45, 2.75) is 57.9 Å². The van der Waals surface area contributed by atoms with E-state index in [0.29, 0.717) is 31.4 Å².